The van der Waals surface area contributed by atoms with E-state index in [1.165, 1.54) is 0 Å². The standard InChI is InChI=1S/C11H13N3O2/c1-2-3-7-15-11-10(13-16-14-11)9-5-4-6-12-8-9/h4-6,8H,2-3,7H2,1H3. The first-order valence-electron chi connectivity index (χ1n) is 5.27. The first-order valence-corrected chi connectivity index (χ1v) is 5.27. The number of nitrogens with zero attached hydrogens (tertiary/aromatic N) is 3. The smallest absolute Gasteiger partial charge is 0.283 e. The van der Waals surface area contributed by atoms with Crippen LogP contribution in [0.25, 0.3) is 11.3 Å². The summed E-state index contributed by atoms with van der Waals surface area (Å²) < 4.78 is 10.2. The average molecular weight is 219 g/mol. The SMILES string of the molecule is CCCCOc1nonc1-c1cccnc1. The summed E-state index contributed by atoms with van der Waals surface area (Å²) in [5.74, 6) is 0.432. The summed E-state index contributed by atoms with van der Waals surface area (Å²) >= 11 is 0. The minimum absolute atomic E-state index is 0.432. The third kappa shape index (κ3) is 2.36. The number of rotatable bonds is 5. The molecule has 2 heterocycles. The van der Waals surface area contributed by atoms with E-state index in [2.05, 4.69) is 26.9 Å². The van der Waals surface area contributed by atoms with E-state index >= 15 is 0 Å². The van der Waals surface area contributed by atoms with Crippen LogP contribution in [0.2, 0.25) is 0 Å². The van der Waals surface area contributed by atoms with Gasteiger partial charge in [-0.05, 0) is 28.9 Å². The van der Waals surface area contributed by atoms with Crippen LogP contribution in [-0.4, -0.2) is 21.9 Å². The molecule has 0 spiro atoms. The van der Waals surface area contributed by atoms with E-state index in [0.29, 0.717) is 18.2 Å². The van der Waals surface area contributed by atoms with Gasteiger partial charge in [-0.15, -0.1) is 0 Å². The lowest BCUT2D eigenvalue weighted by Crippen LogP contribution is -1.98. The fourth-order valence-corrected chi connectivity index (χ4v) is 1.27. The van der Waals surface area contributed by atoms with Crippen molar-refractivity contribution in [1.29, 1.82) is 0 Å². The number of ether oxygens (including phenoxy) is 1. The normalized spacial score (nSPS) is 10.3. The zero-order valence-corrected chi connectivity index (χ0v) is 9.09. The molecule has 16 heavy (non-hydrogen) atoms. The number of aromatic nitrogens is 3. The second-order valence-corrected chi connectivity index (χ2v) is 3.36. The Morgan fingerprint density at radius 3 is 3.06 bits per heavy atom. The molecule has 5 nitrogen and oxygen atoms in total. The topological polar surface area (TPSA) is 61.0 Å². The van der Waals surface area contributed by atoms with Gasteiger partial charge in [-0.1, -0.05) is 13.3 Å². The lowest BCUT2D eigenvalue weighted by atomic mass is 10.2. The lowest BCUT2D eigenvalue weighted by molar-refractivity contribution is 0.252. The molecule has 0 amide bonds. The Labute approximate surface area is 93.4 Å². The van der Waals surface area contributed by atoms with Gasteiger partial charge in [0.2, 0.25) is 0 Å². The van der Waals surface area contributed by atoms with Crippen molar-refractivity contribution in [2.24, 2.45) is 0 Å². The molecule has 2 rings (SSSR count). The number of unbranched alkanes of at least 4 members (excludes halogenated alkanes) is 1. The van der Waals surface area contributed by atoms with Gasteiger partial charge in [0.05, 0.1) is 6.61 Å². The summed E-state index contributed by atoms with van der Waals surface area (Å²) in [4.78, 5) is 4.01. The molecule has 84 valence electrons. The second-order valence-electron chi connectivity index (χ2n) is 3.36. The fourth-order valence-electron chi connectivity index (χ4n) is 1.27. The van der Waals surface area contributed by atoms with Crippen LogP contribution < -0.4 is 4.74 Å². The molecule has 0 aliphatic rings. The summed E-state index contributed by atoms with van der Waals surface area (Å²) in [6, 6.07) is 3.72. The van der Waals surface area contributed by atoms with Gasteiger partial charge in [0.15, 0.2) is 5.69 Å². The highest BCUT2D eigenvalue weighted by Gasteiger charge is 2.13. The zero-order chi connectivity index (χ0) is 11.2. The molecule has 0 radical (unpaired) electrons. The molecule has 0 aliphatic carbocycles. The van der Waals surface area contributed by atoms with Gasteiger partial charge in [0.1, 0.15) is 0 Å². The third-order valence-corrected chi connectivity index (χ3v) is 2.13. The molecular weight excluding hydrogens is 206 g/mol. The van der Waals surface area contributed by atoms with Crippen molar-refractivity contribution in [2.75, 3.05) is 6.61 Å². The van der Waals surface area contributed by atoms with Crippen molar-refractivity contribution in [1.82, 2.24) is 15.3 Å². The largest absolute Gasteiger partial charge is 0.474 e. The quantitative estimate of drug-likeness (QED) is 0.722. The van der Waals surface area contributed by atoms with Gasteiger partial charge < -0.3 is 4.74 Å². The molecule has 0 bridgehead atoms. The highest BCUT2D eigenvalue weighted by molar-refractivity contribution is 5.61. The van der Waals surface area contributed by atoms with Crippen molar-refractivity contribution in [3.8, 4) is 17.1 Å². The second kappa shape index (κ2) is 5.25. The van der Waals surface area contributed by atoms with Crippen LogP contribution in [0.1, 0.15) is 19.8 Å². The summed E-state index contributed by atoms with van der Waals surface area (Å²) in [6.45, 7) is 2.73. The van der Waals surface area contributed by atoms with E-state index in [0.717, 1.165) is 18.4 Å². The Hall–Kier alpha value is -1.91. The molecule has 2 aromatic rings. The van der Waals surface area contributed by atoms with Crippen LogP contribution in [0.4, 0.5) is 0 Å². The number of pyridine rings is 1. The maximum absolute atomic E-state index is 5.48. The van der Waals surface area contributed by atoms with Crippen molar-refractivity contribution >= 4 is 0 Å². The van der Waals surface area contributed by atoms with Crippen LogP contribution in [0, 0.1) is 0 Å². The van der Waals surface area contributed by atoms with Gasteiger partial charge in [-0.25, -0.2) is 4.63 Å². The Bertz CT molecular complexity index is 428. The minimum Gasteiger partial charge on any atom is -0.474 e. The number of hydrogen-bond acceptors (Lipinski definition) is 5. The first-order chi connectivity index (χ1) is 7.92. The van der Waals surface area contributed by atoms with Crippen LogP contribution in [0.5, 0.6) is 5.88 Å². The Balaban J connectivity index is 2.13. The molecule has 0 atom stereocenters. The summed E-state index contributed by atoms with van der Waals surface area (Å²) in [5, 5.41) is 7.54. The molecule has 0 aliphatic heterocycles. The van der Waals surface area contributed by atoms with Crippen LogP contribution in [-0.2, 0) is 0 Å². The average Bonchev–Trinajstić information content (AvgIpc) is 2.79. The molecule has 0 N–H and O–H groups in total. The molecular formula is C11H13N3O2. The van der Waals surface area contributed by atoms with E-state index < -0.39 is 0 Å². The Kier molecular flexibility index (Phi) is 3.48. The van der Waals surface area contributed by atoms with Gasteiger partial charge in [-0.2, -0.15) is 0 Å². The van der Waals surface area contributed by atoms with Crippen LogP contribution in [0.15, 0.2) is 29.2 Å². The minimum atomic E-state index is 0.432. The van der Waals surface area contributed by atoms with E-state index in [4.69, 9.17) is 4.74 Å². The van der Waals surface area contributed by atoms with Gasteiger partial charge >= 0.3 is 0 Å². The summed E-state index contributed by atoms with van der Waals surface area (Å²) in [6.07, 6.45) is 5.47. The highest BCUT2D eigenvalue weighted by Crippen LogP contribution is 2.25. The lowest BCUT2D eigenvalue weighted by Gasteiger charge is -2.01. The van der Waals surface area contributed by atoms with E-state index in [1.54, 1.807) is 12.4 Å². The molecule has 0 unspecified atom stereocenters. The van der Waals surface area contributed by atoms with E-state index in [-0.39, 0.29) is 0 Å². The molecule has 0 aromatic carbocycles. The molecule has 5 heteroatoms. The summed E-state index contributed by atoms with van der Waals surface area (Å²) in [7, 11) is 0. The fraction of sp³-hybridized carbons (Fsp3) is 0.364. The molecule has 0 fully saturated rings. The monoisotopic (exact) mass is 219 g/mol. The van der Waals surface area contributed by atoms with E-state index in [1.807, 2.05) is 12.1 Å². The number of hydrogen-bond donors (Lipinski definition) is 0. The Morgan fingerprint density at radius 1 is 1.38 bits per heavy atom. The molecule has 0 saturated heterocycles. The van der Waals surface area contributed by atoms with Crippen molar-refractivity contribution in [3.63, 3.8) is 0 Å². The van der Waals surface area contributed by atoms with Gasteiger partial charge in [-0.3, -0.25) is 4.98 Å². The highest BCUT2D eigenvalue weighted by atomic mass is 16.6. The zero-order valence-electron chi connectivity index (χ0n) is 9.09. The Morgan fingerprint density at radius 2 is 2.31 bits per heavy atom. The molecule has 0 saturated carbocycles. The van der Waals surface area contributed by atoms with Crippen molar-refractivity contribution in [2.45, 2.75) is 19.8 Å². The van der Waals surface area contributed by atoms with Crippen molar-refractivity contribution < 1.29 is 9.37 Å². The van der Waals surface area contributed by atoms with Crippen LogP contribution in [0.3, 0.4) is 0 Å². The maximum Gasteiger partial charge on any atom is 0.283 e. The summed E-state index contributed by atoms with van der Waals surface area (Å²) in [5.41, 5.74) is 1.44. The van der Waals surface area contributed by atoms with Crippen LogP contribution >= 0.6 is 0 Å². The van der Waals surface area contributed by atoms with Crippen molar-refractivity contribution in [3.05, 3.63) is 24.5 Å². The van der Waals surface area contributed by atoms with E-state index in [9.17, 15) is 0 Å². The van der Waals surface area contributed by atoms with Gasteiger partial charge in [0, 0.05) is 18.0 Å². The predicted octanol–water partition coefficient (Wildman–Crippen LogP) is 2.31. The van der Waals surface area contributed by atoms with Gasteiger partial charge in [0.25, 0.3) is 5.88 Å². The maximum atomic E-state index is 5.48. The predicted molar refractivity (Wildman–Crippen MR) is 57.9 cm³/mol. The third-order valence-electron chi connectivity index (χ3n) is 2.13. The molecule has 2 aromatic heterocycles. The first kappa shape index (κ1) is 10.6.